The Morgan fingerprint density at radius 2 is 2.00 bits per heavy atom. The van der Waals surface area contributed by atoms with Gasteiger partial charge in [-0.1, -0.05) is 18.2 Å². The summed E-state index contributed by atoms with van der Waals surface area (Å²) in [5, 5.41) is 7.99. The monoisotopic (exact) mass is 255 g/mol. The number of nitrogens with zero attached hydrogens (tertiary/aromatic N) is 2. The van der Waals surface area contributed by atoms with Crippen LogP contribution in [0, 0.1) is 13.8 Å². The van der Waals surface area contributed by atoms with Crippen LogP contribution in [0.15, 0.2) is 30.6 Å². The van der Waals surface area contributed by atoms with E-state index in [1.54, 1.807) is 0 Å². The second-order valence-electron chi connectivity index (χ2n) is 5.57. The highest BCUT2D eigenvalue weighted by Crippen LogP contribution is 2.19. The van der Waals surface area contributed by atoms with E-state index >= 15 is 0 Å². The highest BCUT2D eigenvalue weighted by molar-refractivity contribution is 5.33. The molecule has 1 aromatic carbocycles. The number of rotatable bonds is 5. The molecule has 1 saturated carbocycles. The van der Waals surface area contributed by atoms with E-state index in [9.17, 15) is 0 Å². The van der Waals surface area contributed by atoms with Crippen molar-refractivity contribution in [1.29, 1.82) is 0 Å². The van der Waals surface area contributed by atoms with E-state index in [0.29, 0.717) is 0 Å². The van der Waals surface area contributed by atoms with Gasteiger partial charge in [0.15, 0.2) is 0 Å². The van der Waals surface area contributed by atoms with E-state index in [0.717, 1.165) is 19.1 Å². The summed E-state index contributed by atoms with van der Waals surface area (Å²) in [4.78, 5) is 0. The fraction of sp³-hybridized carbons (Fsp3) is 0.438. The highest BCUT2D eigenvalue weighted by atomic mass is 15.3. The molecule has 0 saturated heterocycles. The summed E-state index contributed by atoms with van der Waals surface area (Å²) in [6.07, 6.45) is 6.79. The fourth-order valence-corrected chi connectivity index (χ4v) is 2.39. The Morgan fingerprint density at radius 1 is 1.26 bits per heavy atom. The maximum Gasteiger partial charge on any atom is 0.0664 e. The standard InChI is InChI=1S/C16H21N3/c1-12-4-3-5-13(2)16(12)11-19-10-14(9-18-19)8-17-15-6-7-15/h3-5,9-10,15,17H,6-8,11H2,1-2H3. The predicted octanol–water partition coefficient (Wildman–Crippen LogP) is 2.80. The van der Waals surface area contributed by atoms with Gasteiger partial charge in [0, 0.05) is 24.3 Å². The van der Waals surface area contributed by atoms with Gasteiger partial charge in [0.2, 0.25) is 0 Å². The number of aryl methyl sites for hydroxylation is 2. The highest BCUT2D eigenvalue weighted by Gasteiger charge is 2.20. The summed E-state index contributed by atoms with van der Waals surface area (Å²) in [5.41, 5.74) is 5.34. The fourth-order valence-electron chi connectivity index (χ4n) is 2.39. The number of hydrogen-bond donors (Lipinski definition) is 1. The maximum absolute atomic E-state index is 4.47. The average Bonchev–Trinajstić information content (AvgIpc) is 3.11. The summed E-state index contributed by atoms with van der Waals surface area (Å²) in [6, 6.07) is 7.20. The van der Waals surface area contributed by atoms with Crippen LogP contribution >= 0.6 is 0 Å². The van der Waals surface area contributed by atoms with Crippen LogP contribution in [-0.4, -0.2) is 15.8 Å². The molecule has 2 aromatic rings. The number of aromatic nitrogens is 2. The molecule has 1 aliphatic rings. The zero-order chi connectivity index (χ0) is 13.2. The average molecular weight is 255 g/mol. The Balaban J connectivity index is 1.68. The molecule has 19 heavy (non-hydrogen) atoms. The van der Waals surface area contributed by atoms with Crippen LogP contribution in [-0.2, 0) is 13.1 Å². The minimum Gasteiger partial charge on any atom is -0.310 e. The zero-order valence-electron chi connectivity index (χ0n) is 11.7. The van der Waals surface area contributed by atoms with Crippen LogP contribution in [0.5, 0.6) is 0 Å². The van der Waals surface area contributed by atoms with Crippen molar-refractivity contribution < 1.29 is 0 Å². The van der Waals surface area contributed by atoms with Crippen LogP contribution in [0.4, 0.5) is 0 Å². The lowest BCUT2D eigenvalue weighted by molar-refractivity contribution is 0.671. The lowest BCUT2D eigenvalue weighted by atomic mass is 10.0. The van der Waals surface area contributed by atoms with Crippen molar-refractivity contribution in [2.24, 2.45) is 0 Å². The molecule has 3 nitrogen and oxygen atoms in total. The molecule has 1 aromatic heterocycles. The summed E-state index contributed by atoms with van der Waals surface area (Å²) < 4.78 is 2.04. The zero-order valence-corrected chi connectivity index (χ0v) is 11.7. The predicted molar refractivity (Wildman–Crippen MR) is 77.1 cm³/mol. The first kappa shape index (κ1) is 12.4. The van der Waals surface area contributed by atoms with Gasteiger partial charge in [-0.3, -0.25) is 4.68 Å². The molecule has 1 fully saturated rings. The van der Waals surface area contributed by atoms with Crippen LogP contribution in [0.3, 0.4) is 0 Å². The van der Waals surface area contributed by atoms with E-state index in [1.807, 2.05) is 10.9 Å². The van der Waals surface area contributed by atoms with Crippen LogP contribution < -0.4 is 5.32 Å². The van der Waals surface area contributed by atoms with Crippen molar-refractivity contribution >= 4 is 0 Å². The van der Waals surface area contributed by atoms with Crippen LogP contribution in [0.25, 0.3) is 0 Å². The van der Waals surface area contributed by atoms with Gasteiger partial charge in [0.25, 0.3) is 0 Å². The lowest BCUT2D eigenvalue weighted by Crippen LogP contribution is -2.14. The molecule has 3 heteroatoms. The van der Waals surface area contributed by atoms with E-state index in [4.69, 9.17) is 0 Å². The molecule has 0 aliphatic heterocycles. The van der Waals surface area contributed by atoms with Gasteiger partial charge < -0.3 is 5.32 Å². The Hall–Kier alpha value is -1.61. The van der Waals surface area contributed by atoms with E-state index in [-0.39, 0.29) is 0 Å². The van der Waals surface area contributed by atoms with Gasteiger partial charge in [0.05, 0.1) is 12.7 Å². The Labute approximate surface area is 114 Å². The van der Waals surface area contributed by atoms with Crippen LogP contribution in [0.1, 0.15) is 35.1 Å². The van der Waals surface area contributed by atoms with Gasteiger partial charge in [-0.15, -0.1) is 0 Å². The van der Waals surface area contributed by atoms with E-state index < -0.39 is 0 Å². The van der Waals surface area contributed by atoms with Crippen LogP contribution in [0.2, 0.25) is 0 Å². The third-order valence-corrected chi connectivity index (χ3v) is 3.82. The summed E-state index contributed by atoms with van der Waals surface area (Å²) in [6.45, 7) is 6.14. The number of hydrogen-bond acceptors (Lipinski definition) is 2. The minimum atomic E-state index is 0.752. The maximum atomic E-state index is 4.47. The van der Waals surface area contributed by atoms with Crippen molar-refractivity contribution in [3.8, 4) is 0 Å². The first-order valence-corrected chi connectivity index (χ1v) is 7.02. The number of benzene rings is 1. The summed E-state index contributed by atoms with van der Waals surface area (Å²) in [5.74, 6) is 0. The van der Waals surface area contributed by atoms with Crippen molar-refractivity contribution in [2.45, 2.75) is 45.8 Å². The molecule has 1 heterocycles. The molecular formula is C16H21N3. The molecule has 0 spiro atoms. The molecule has 1 aliphatic carbocycles. The minimum absolute atomic E-state index is 0.752. The molecule has 0 atom stereocenters. The SMILES string of the molecule is Cc1cccc(C)c1Cn1cc(CNC2CC2)cn1. The topological polar surface area (TPSA) is 29.9 Å². The van der Waals surface area contributed by atoms with E-state index in [1.165, 1.54) is 35.1 Å². The Bertz CT molecular complexity index is 547. The molecule has 0 radical (unpaired) electrons. The van der Waals surface area contributed by atoms with E-state index in [2.05, 4.69) is 48.7 Å². The molecule has 3 rings (SSSR count). The van der Waals surface area contributed by atoms with Crippen molar-refractivity contribution in [3.05, 3.63) is 52.8 Å². The number of nitrogens with one attached hydrogen (secondary N) is 1. The Morgan fingerprint density at radius 3 is 2.68 bits per heavy atom. The molecule has 0 amide bonds. The van der Waals surface area contributed by atoms with Gasteiger partial charge in [-0.05, 0) is 43.4 Å². The van der Waals surface area contributed by atoms with Crippen molar-refractivity contribution in [1.82, 2.24) is 15.1 Å². The van der Waals surface area contributed by atoms with Gasteiger partial charge >= 0.3 is 0 Å². The van der Waals surface area contributed by atoms with Crippen molar-refractivity contribution in [2.75, 3.05) is 0 Å². The first-order valence-electron chi connectivity index (χ1n) is 7.02. The van der Waals surface area contributed by atoms with Gasteiger partial charge in [-0.2, -0.15) is 5.10 Å². The second-order valence-corrected chi connectivity index (χ2v) is 5.57. The normalized spacial score (nSPS) is 14.8. The Kier molecular flexibility index (Phi) is 3.38. The van der Waals surface area contributed by atoms with Crippen molar-refractivity contribution in [3.63, 3.8) is 0 Å². The van der Waals surface area contributed by atoms with Gasteiger partial charge in [-0.25, -0.2) is 0 Å². The smallest absolute Gasteiger partial charge is 0.0664 e. The quantitative estimate of drug-likeness (QED) is 0.890. The molecule has 1 N–H and O–H groups in total. The second kappa shape index (κ2) is 5.17. The third-order valence-electron chi connectivity index (χ3n) is 3.82. The van der Waals surface area contributed by atoms with Gasteiger partial charge in [0.1, 0.15) is 0 Å². The molecular weight excluding hydrogens is 234 g/mol. The first-order chi connectivity index (χ1) is 9.22. The lowest BCUT2D eigenvalue weighted by Gasteiger charge is -2.09. The third kappa shape index (κ3) is 3.04. The largest absolute Gasteiger partial charge is 0.310 e. The summed E-state index contributed by atoms with van der Waals surface area (Å²) >= 11 is 0. The molecule has 100 valence electrons. The summed E-state index contributed by atoms with van der Waals surface area (Å²) in [7, 11) is 0. The molecule has 0 unspecified atom stereocenters. The molecule has 0 bridgehead atoms.